The monoisotopic (exact) mass is 263 g/mol. The Morgan fingerprint density at radius 2 is 1.79 bits per heavy atom. The minimum absolute atomic E-state index is 0.117. The standard InChI is InChI=1S/C14H21N3O2/c1-9(2)12(15)8-13(18)17-11-6-4-10(5-7-11)14(19)16-3/h4-7,9,12H,8,15H2,1-3H3,(H,16,19)(H,17,18). The summed E-state index contributed by atoms with van der Waals surface area (Å²) >= 11 is 0. The molecule has 1 atom stereocenters. The Bertz CT molecular complexity index is 441. The number of carbonyl (C=O) groups excluding carboxylic acids is 2. The maximum absolute atomic E-state index is 11.7. The number of rotatable bonds is 5. The summed E-state index contributed by atoms with van der Waals surface area (Å²) in [7, 11) is 1.57. The molecule has 5 heteroatoms. The van der Waals surface area contributed by atoms with Crippen LogP contribution in [0.2, 0.25) is 0 Å². The van der Waals surface area contributed by atoms with Crippen molar-refractivity contribution in [2.45, 2.75) is 26.3 Å². The lowest BCUT2D eigenvalue weighted by molar-refractivity contribution is -0.116. The zero-order valence-electron chi connectivity index (χ0n) is 11.6. The lowest BCUT2D eigenvalue weighted by atomic mass is 10.0. The van der Waals surface area contributed by atoms with E-state index in [1.165, 1.54) is 0 Å². The number of amides is 2. The fraction of sp³-hybridized carbons (Fsp3) is 0.429. The molecule has 104 valence electrons. The van der Waals surface area contributed by atoms with Crippen molar-refractivity contribution in [2.24, 2.45) is 11.7 Å². The smallest absolute Gasteiger partial charge is 0.251 e. The molecule has 0 aliphatic rings. The molecule has 1 aromatic carbocycles. The van der Waals surface area contributed by atoms with Gasteiger partial charge in [-0.1, -0.05) is 13.8 Å². The van der Waals surface area contributed by atoms with Crippen LogP contribution in [-0.4, -0.2) is 24.9 Å². The van der Waals surface area contributed by atoms with Crippen LogP contribution < -0.4 is 16.4 Å². The Balaban J connectivity index is 2.58. The summed E-state index contributed by atoms with van der Waals surface area (Å²) in [6, 6.07) is 6.57. The van der Waals surface area contributed by atoms with Crippen LogP contribution in [0.4, 0.5) is 5.69 Å². The Kier molecular flexibility index (Phi) is 5.51. The average Bonchev–Trinajstić information content (AvgIpc) is 2.38. The van der Waals surface area contributed by atoms with Crippen LogP contribution in [0.25, 0.3) is 0 Å². The molecule has 0 bridgehead atoms. The first-order valence-electron chi connectivity index (χ1n) is 6.31. The maximum Gasteiger partial charge on any atom is 0.251 e. The first-order valence-corrected chi connectivity index (χ1v) is 6.31. The summed E-state index contributed by atoms with van der Waals surface area (Å²) in [5.74, 6) is -0.00465. The van der Waals surface area contributed by atoms with E-state index in [0.717, 1.165) is 0 Å². The number of nitrogens with two attached hydrogens (primary N) is 1. The average molecular weight is 263 g/mol. The highest BCUT2D eigenvalue weighted by Crippen LogP contribution is 2.11. The van der Waals surface area contributed by atoms with Crippen LogP contribution in [-0.2, 0) is 4.79 Å². The van der Waals surface area contributed by atoms with Crippen molar-refractivity contribution in [1.82, 2.24) is 5.32 Å². The number of nitrogens with one attached hydrogen (secondary N) is 2. The summed E-state index contributed by atoms with van der Waals surface area (Å²) in [6.45, 7) is 3.96. The SMILES string of the molecule is CNC(=O)c1ccc(NC(=O)CC(N)C(C)C)cc1. The molecule has 0 aliphatic carbocycles. The molecule has 0 saturated heterocycles. The predicted molar refractivity (Wildman–Crippen MR) is 75.9 cm³/mol. The second kappa shape index (κ2) is 6.89. The van der Waals surface area contributed by atoms with E-state index in [2.05, 4.69) is 10.6 Å². The van der Waals surface area contributed by atoms with Crippen LogP contribution in [0.3, 0.4) is 0 Å². The van der Waals surface area contributed by atoms with Crippen molar-refractivity contribution >= 4 is 17.5 Å². The molecule has 2 amide bonds. The molecule has 4 N–H and O–H groups in total. The Morgan fingerprint density at radius 1 is 1.21 bits per heavy atom. The highest BCUT2D eigenvalue weighted by Gasteiger charge is 2.13. The fourth-order valence-electron chi connectivity index (χ4n) is 1.51. The van der Waals surface area contributed by atoms with Crippen molar-refractivity contribution in [3.05, 3.63) is 29.8 Å². The second-order valence-corrected chi connectivity index (χ2v) is 4.82. The van der Waals surface area contributed by atoms with E-state index < -0.39 is 0 Å². The third-order valence-corrected chi connectivity index (χ3v) is 2.94. The molecule has 0 saturated carbocycles. The van der Waals surface area contributed by atoms with Crippen LogP contribution in [0.1, 0.15) is 30.6 Å². The van der Waals surface area contributed by atoms with Crippen molar-refractivity contribution in [1.29, 1.82) is 0 Å². The van der Waals surface area contributed by atoms with E-state index in [1.807, 2.05) is 13.8 Å². The maximum atomic E-state index is 11.7. The van der Waals surface area contributed by atoms with E-state index in [0.29, 0.717) is 11.3 Å². The first-order chi connectivity index (χ1) is 8.93. The van der Waals surface area contributed by atoms with Crippen LogP contribution >= 0.6 is 0 Å². The molecule has 0 aliphatic heterocycles. The zero-order chi connectivity index (χ0) is 14.4. The number of anilines is 1. The molecule has 1 aromatic rings. The number of hydrogen-bond donors (Lipinski definition) is 3. The Hall–Kier alpha value is -1.88. The van der Waals surface area contributed by atoms with Crippen LogP contribution in [0.15, 0.2) is 24.3 Å². The lowest BCUT2D eigenvalue weighted by Gasteiger charge is -2.15. The van der Waals surface area contributed by atoms with Gasteiger partial charge in [0.1, 0.15) is 0 Å². The van der Waals surface area contributed by atoms with E-state index in [-0.39, 0.29) is 30.2 Å². The van der Waals surface area contributed by atoms with Gasteiger partial charge in [-0.25, -0.2) is 0 Å². The third-order valence-electron chi connectivity index (χ3n) is 2.94. The largest absolute Gasteiger partial charge is 0.355 e. The molecule has 19 heavy (non-hydrogen) atoms. The van der Waals surface area contributed by atoms with E-state index >= 15 is 0 Å². The Morgan fingerprint density at radius 3 is 2.26 bits per heavy atom. The first kappa shape index (κ1) is 15.2. The van der Waals surface area contributed by atoms with Gasteiger partial charge in [-0.3, -0.25) is 9.59 Å². The molecule has 1 unspecified atom stereocenters. The molecule has 0 heterocycles. The highest BCUT2D eigenvalue weighted by molar-refractivity contribution is 5.95. The third kappa shape index (κ3) is 4.71. The van der Waals surface area contributed by atoms with E-state index in [4.69, 9.17) is 5.73 Å². The lowest BCUT2D eigenvalue weighted by Crippen LogP contribution is -2.31. The van der Waals surface area contributed by atoms with Crippen molar-refractivity contribution in [3.8, 4) is 0 Å². The summed E-state index contributed by atoms with van der Waals surface area (Å²) in [5, 5.41) is 5.30. The normalized spacial score (nSPS) is 12.1. The number of hydrogen-bond acceptors (Lipinski definition) is 3. The Labute approximate surface area is 113 Å². The zero-order valence-corrected chi connectivity index (χ0v) is 11.6. The van der Waals surface area contributed by atoms with Gasteiger partial charge in [0.25, 0.3) is 5.91 Å². The van der Waals surface area contributed by atoms with Crippen molar-refractivity contribution < 1.29 is 9.59 Å². The van der Waals surface area contributed by atoms with Gasteiger partial charge in [-0.05, 0) is 30.2 Å². The van der Waals surface area contributed by atoms with Crippen LogP contribution in [0.5, 0.6) is 0 Å². The number of benzene rings is 1. The van der Waals surface area contributed by atoms with Gasteiger partial charge < -0.3 is 16.4 Å². The minimum Gasteiger partial charge on any atom is -0.355 e. The molecular weight excluding hydrogens is 242 g/mol. The van der Waals surface area contributed by atoms with E-state index in [1.54, 1.807) is 31.3 Å². The fourth-order valence-corrected chi connectivity index (χ4v) is 1.51. The molecule has 0 radical (unpaired) electrons. The van der Waals surface area contributed by atoms with Gasteiger partial charge in [0.2, 0.25) is 5.91 Å². The van der Waals surface area contributed by atoms with Gasteiger partial charge in [-0.15, -0.1) is 0 Å². The van der Waals surface area contributed by atoms with Gasteiger partial charge >= 0.3 is 0 Å². The van der Waals surface area contributed by atoms with Crippen molar-refractivity contribution in [2.75, 3.05) is 12.4 Å². The second-order valence-electron chi connectivity index (χ2n) is 4.82. The molecule has 0 fully saturated rings. The van der Waals surface area contributed by atoms with Crippen molar-refractivity contribution in [3.63, 3.8) is 0 Å². The van der Waals surface area contributed by atoms with Gasteiger partial charge in [-0.2, -0.15) is 0 Å². The van der Waals surface area contributed by atoms with Crippen LogP contribution in [0, 0.1) is 5.92 Å². The summed E-state index contributed by atoms with van der Waals surface area (Å²) in [4.78, 5) is 23.1. The topological polar surface area (TPSA) is 84.2 Å². The van der Waals surface area contributed by atoms with Gasteiger partial charge in [0, 0.05) is 30.8 Å². The van der Waals surface area contributed by atoms with Gasteiger partial charge in [0.15, 0.2) is 0 Å². The van der Waals surface area contributed by atoms with Gasteiger partial charge in [0.05, 0.1) is 0 Å². The summed E-state index contributed by atoms with van der Waals surface area (Å²) in [5.41, 5.74) is 7.05. The molecule has 1 rings (SSSR count). The predicted octanol–water partition coefficient (Wildman–Crippen LogP) is 1.36. The molecular formula is C14H21N3O2. The summed E-state index contributed by atoms with van der Waals surface area (Å²) < 4.78 is 0. The number of carbonyl (C=O) groups is 2. The molecule has 0 aromatic heterocycles. The molecule has 0 spiro atoms. The summed E-state index contributed by atoms with van der Waals surface area (Å²) in [6.07, 6.45) is 0.287. The quantitative estimate of drug-likeness (QED) is 0.750. The minimum atomic E-state index is -0.153. The highest BCUT2D eigenvalue weighted by atomic mass is 16.2. The molecule has 5 nitrogen and oxygen atoms in total. The van der Waals surface area contributed by atoms with E-state index in [9.17, 15) is 9.59 Å².